The van der Waals surface area contributed by atoms with Crippen molar-refractivity contribution >= 4 is 67.2 Å². The maximum atomic E-state index is 12.1. The van der Waals surface area contributed by atoms with Crippen molar-refractivity contribution in [3.05, 3.63) is 53.2 Å². The van der Waals surface area contributed by atoms with E-state index >= 15 is 0 Å². The Labute approximate surface area is 124 Å². The number of benzene rings is 1. The van der Waals surface area contributed by atoms with Crippen molar-refractivity contribution in [2.45, 2.75) is 0 Å². The summed E-state index contributed by atoms with van der Waals surface area (Å²) in [6.07, 6.45) is 0. The van der Waals surface area contributed by atoms with Crippen LogP contribution in [0.5, 0.6) is 0 Å². The predicted molar refractivity (Wildman–Crippen MR) is 79.6 cm³/mol. The van der Waals surface area contributed by atoms with Gasteiger partial charge < -0.3 is 0 Å². The number of ketones is 1. The molecule has 0 aliphatic rings. The summed E-state index contributed by atoms with van der Waals surface area (Å²) >= 11 is 13.0. The van der Waals surface area contributed by atoms with Crippen LogP contribution >= 0.6 is 61.5 Å². The Morgan fingerprint density at radius 3 is 2.69 bits per heavy atom. The normalized spacial score (nSPS) is 10.4. The van der Waals surface area contributed by atoms with Crippen LogP contribution in [0.3, 0.4) is 0 Å². The maximum absolute atomic E-state index is 12.1. The van der Waals surface area contributed by atoms with Gasteiger partial charge in [0.05, 0.1) is 5.02 Å². The highest BCUT2D eigenvalue weighted by molar-refractivity contribution is 14.1. The minimum absolute atomic E-state index is 0.00794. The molecule has 1 heterocycles. The van der Waals surface area contributed by atoms with E-state index in [2.05, 4.69) is 38.5 Å². The summed E-state index contributed by atoms with van der Waals surface area (Å²) < 4.78 is 1.78. The number of hydrogen-bond donors (Lipinski definition) is 0. The Bertz CT molecular complexity index is 553. The first kappa shape index (κ1) is 12.5. The third kappa shape index (κ3) is 2.50. The van der Waals surface area contributed by atoms with Gasteiger partial charge in [-0.25, -0.2) is 0 Å². The Balaban J connectivity index is 2.42. The molecule has 0 fully saturated rings. The van der Waals surface area contributed by atoms with Gasteiger partial charge in [-0.1, -0.05) is 11.6 Å². The predicted octanol–water partition coefficient (Wildman–Crippen LogP) is 5.00. The molecule has 0 atom stereocenters. The average Bonchev–Trinajstić information content (AvgIpc) is 2.67. The Morgan fingerprint density at radius 2 is 2.12 bits per heavy atom. The summed E-state index contributed by atoms with van der Waals surface area (Å²) in [5.74, 6) is -0.00794. The molecule has 0 spiro atoms. The second-order valence-corrected chi connectivity index (χ2v) is 6.26. The number of rotatable bonds is 2. The van der Waals surface area contributed by atoms with Crippen molar-refractivity contribution in [2.75, 3.05) is 0 Å². The summed E-state index contributed by atoms with van der Waals surface area (Å²) in [4.78, 5) is 12.1. The average molecular weight is 427 g/mol. The van der Waals surface area contributed by atoms with Crippen molar-refractivity contribution in [3.63, 3.8) is 0 Å². The smallest absolute Gasteiger partial charge is 0.195 e. The van der Waals surface area contributed by atoms with E-state index in [1.54, 1.807) is 12.1 Å². The third-order valence-electron chi connectivity index (χ3n) is 2.04. The lowest BCUT2D eigenvalue weighted by atomic mass is 10.1. The topological polar surface area (TPSA) is 17.1 Å². The van der Waals surface area contributed by atoms with Crippen LogP contribution in [0, 0.1) is 3.57 Å². The molecular formula is C11H5BrClIOS. The van der Waals surface area contributed by atoms with Gasteiger partial charge in [0.25, 0.3) is 0 Å². The van der Waals surface area contributed by atoms with Crippen molar-refractivity contribution in [1.82, 2.24) is 0 Å². The Kier molecular flexibility index (Phi) is 4.05. The zero-order chi connectivity index (χ0) is 11.7. The summed E-state index contributed by atoms with van der Waals surface area (Å²) in [6.45, 7) is 0. The molecule has 82 valence electrons. The van der Waals surface area contributed by atoms with Gasteiger partial charge >= 0.3 is 0 Å². The molecule has 0 saturated heterocycles. The fraction of sp³-hybridized carbons (Fsp3) is 0. The van der Waals surface area contributed by atoms with Gasteiger partial charge in [0.15, 0.2) is 5.78 Å². The van der Waals surface area contributed by atoms with E-state index in [0.29, 0.717) is 16.1 Å². The zero-order valence-corrected chi connectivity index (χ0v) is 13.2. The number of thiophene rings is 1. The molecule has 5 heteroatoms. The molecule has 0 aliphatic carbocycles. The third-order valence-corrected chi connectivity index (χ3v) is 5.32. The monoisotopic (exact) mass is 426 g/mol. The SMILES string of the molecule is O=C(c1ccc(I)c(Cl)c1)c1cscc1Br. The van der Waals surface area contributed by atoms with Crippen LogP contribution in [-0.4, -0.2) is 5.78 Å². The van der Waals surface area contributed by atoms with Gasteiger partial charge in [-0.2, -0.15) is 11.3 Å². The van der Waals surface area contributed by atoms with E-state index in [0.717, 1.165) is 8.04 Å². The summed E-state index contributed by atoms with van der Waals surface area (Å²) in [6, 6.07) is 5.34. The molecule has 0 radical (unpaired) electrons. The molecule has 2 aromatic rings. The molecule has 0 saturated carbocycles. The second-order valence-electron chi connectivity index (χ2n) is 3.09. The molecule has 0 unspecified atom stereocenters. The summed E-state index contributed by atoms with van der Waals surface area (Å²) in [7, 11) is 0. The second kappa shape index (κ2) is 5.16. The van der Waals surface area contributed by atoms with Gasteiger partial charge in [0, 0.05) is 29.9 Å². The molecule has 0 N–H and O–H groups in total. The lowest BCUT2D eigenvalue weighted by Gasteiger charge is -2.01. The van der Waals surface area contributed by atoms with Crippen LogP contribution in [0.25, 0.3) is 0 Å². The van der Waals surface area contributed by atoms with E-state index < -0.39 is 0 Å². The number of hydrogen-bond acceptors (Lipinski definition) is 2. The molecule has 0 aliphatic heterocycles. The highest BCUT2D eigenvalue weighted by Gasteiger charge is 2.14. The van der Waals surface area contributed by atoms with E-state index in [1.807, 2.05) is 16.8 Å². The lowest BCUT2D eigenvalue weighted by Crippen LogP contribution is -2.00. The first-order valence-electron chi connectivity index (χ1n) is 4.31. The van der Waals surface area contributed by atoms with Crippen LogP contribution in [0.15, 0.2) is 33.4 Å². The van der Waals surface area contributed by atoms with Gasteiger partial charge in [-0.3, -0.25) is 4.79 Å². The summed E-state index contributed by atoms with van der Waals surface area (Å²) in [5.41, 5.74) is 1.30. The molecule has 1 nitrogen and oxygen atoms in total. The standard InChI is InChI=1S/C11H5BrClIOS/c12-8-5-16-4-7(8)11(15)6-1-2-10(14)9(13)3-6/h1-5H. The molecule has 16 heavy (non-hydrogen) atoms. The van der Waals surface area contributed by atoms with Crippen LogP contribution < -0.4 is 0 Å². The number of carbonyl (C=O) groups is 1. The van der Waals surface area contributed by atoms with Crippen LogP contribution in [0.4, 0.5) is 0 Å². The van der Waals surface area contributed by atoms with Crippen molar-refractivity contribution < 1.29 is 4.79 Å². The Morgan fingerprint density at radius 1 is 1.38 bits per heavy atom. The number of halogens is 3. The van der Waals surface area contributed by atoms with Gasteiger partial charge in [-0.15, -0.1) is 0 Å². The Hall–Kier alpha value is 0.0900. The summed E-state index contributed by atoms with van der Waals surface area (Å²) in [5, 5.41) is 4.33. The number of carbonyl (C=O) groups excluding carboxylic acids is 1. The van der Waals surface area contributed by atoms with Crippen molar-refractivity contribution in [3.8, 4) is 0 Å². The minimum atomic E-state index is -0.00794. The van der Waals surface area contributed by atoms with Crippen LogP contribution in [-0.2, 0) is 0 Å². The van der Waals surface area contributed by atoms with Crippen molar-refractivity contribution in [1.29, 1.82) is 0 Å². The minimum Gasteiger partial charge on any atom is -0.289 e. The maximum Gasteiger partial charge on any atom is 0.195 e. The van der Waals surface area contributed by atoms with E-state index in [9.17, 15) is 4.79 Å². The molecular weight excluding hydrogens is 422 g/mol. The fourth-order valence-electron chi connectivity index (χ4n) is 1.24. The molecule has 1 aromatic heterocycles. The quantitative estimate of drug-likeness (QED) is 0.487. The van der Waals surface area contributed by atoms with E-state index in [1.165, 1.54) is 11.3 Å². The van der Waals surface area contributed by atoms with Gasteiger partial charge in [-0.05, 0) is 56.7 Å². The lowest BCUT2D eigenvalue weighted by molar-refractivity contribution is 0.103. The first-order chi connectivity index (χ1) is 7.59. The van der Waals surface area contributed by atoms with Crippen LogP contribution in [0.2, 0.25) is 5.02 Å². The molecule has 0 amide bonds. The molecule has 2 rings (SSSR count). The highest BCUT2D eigenvalue weighted by Crippen LogP contribution is 2.26. The van der Waals surface area contributed by atoms with Gasteiger partial charge in [0.1, 0.15) is 0 Å². The first-order valence-corrected chi connectivity index (χ1v) is 7.50. The fourth-order valence-corrected chi connectivity index (χ4v) is 3.21. The van der Waals surface area contributed by atoms with Gasteiger partial charge in [0.2, 0.25) is 0 Å². The van der Waals surface area contributed by atoms with E-state index in [4.69, 9.17) is 11.6 Å². The molecule has 1 aromatic carbocycles. The van der Waals surface area contributed by atoms with E-state index in [-0.39, 0.29) is 5.78 Å². The highest BCUT2D eigenvalue weighted by atomic mass is 127. The van der Waals surface area contributed by atoms with Crippen LogP contribution in [0.1, 0.15) is 15.9 Å². The largest absolute Gasteiger partial charge is 0.289 e. The zero-order valence-electron chi connectivity index (χ0n) is 7.84. The van der Waals surface area contributed by atoms with Crippen molar-refractivity contribution in [2.24, 2.45) is 0 Å². The molecule has 0 bridgehead atoms.